The number of aromatic nitrogens is 2. The van der Waals surface area contributed by atoms with Gasteiger partial charge in [-0.3, -0.25) is 4.68 Å². The number of nitrogens with zero attached hydrogens (tertiary/aromatic N) is 2. The molecule has 2 atom stereocenters. The molecule has 0 saturated carbocycles. The highest BCUT2D eigenvalue weighted by atomic mass is 32.2. The lowest BCUT2D eigenvalue weighted by molar-refractivity contribution is 0.424. The molecule has 0 radical (unpaired) electrons. The van der Waals surface area contributed by atoms with Crippen molar-refractivity contribution in [1.29, 1.82) is 0 Å². The van der Waals surface area contributed by atoms with E-state index in [9.17, 15) is 0 Å². The van der Waals surface area contributed by atoms with E-state index in [1.807, 2.05) is 17.9 Å². The highest BCUT2D eigenvalue weighted by Gasteiger charge is 2.18. The summed E-state index contributed by atoms with van der Waals surface area (Å²) in [5, 5.41) is 8.01. The molecule has 0 spiro atoms. The molecule has 1 saturated heterocycles. The Hall–Kier alpha value is -0.480. The lowest BCUT2D eigenvalue weighted by Crippen LogP contribution is -2.36. The summed E-state index contributed by atoms with van der Waals surface area (Å²) in [6.45, 7) is 2.24. The fraction of sp³-hybridized carbons (Fsp3) is 0.750. The van der Waals surface area contributed by atoms with Crippen LogP contribution in [0.2, 0.25) is 0 Å². The van der Waals surface area contributed by atoms with Gasteiger partial charge in [0.25, 0.3) is 0 Å². The standard InChI is InChI=1S/C12H21N3S/c1-3-12(10-7-13-15(2)8-10)14-11-5-4-6-16-9-11/h7-8,11-12,14H,3-6,9H2,1-2H3. The Balaban J connectivity index is 1.94. The van der Waals surface area contributed by atoms with E-state index in [0.29, 0.717) is 12.1 Å². The monoisotopic (exact) mass is 239 g/mol. The van der Waals surface area contributed by atoms with E-state index >= 15 is 0 Å². The van der Waals surface area contributed by atoms with Crippen LogP contribution in [0.3, 0.4) is 0 Å². The largest absolute Gasteiger partial charge is 0.306 e. The van der Waals surface area contributed by atoms with E-state index in [-0.39, 0.29) is 0 Å². The van der Waals surface area contributed by atoms with Crippen molar-refractivity contribution in [2.45, 2.75) is 38.3 Å². The van der Waals surface area contributed by atoms with Gasteiger partial charge >= 0.3 is 0 Å². The number of rotatable bonds is 4. The van der Waals surface area contributed by atoms with Crippen LogP contribution in [-0.4, -0.2) is 27.3 Å². The molecule has 4 heteroatoms. The van der Waals surface area contributed by atoms with Crippen molar-refractivity contribution in [1.82, 2.24) is 15.1 Å². The van der Waals surface area contributed by atoms with E-state index < -0.39 is 0 Å². The Kier molecular flexibility index (Phi) is 4.29. The van der Waals surface area contributed by atoms with Gasteiger partial charge in [0, 0.05) is 36.6 Å². The van der Waals surface area contributed by atoms with Crippen LogP contribution in [0.5, 0.6) is 0 Å². The normalized spacial score (nSPS) is 23.2. The van der Waals surface area contributed by atoms with Crippen LogP contribution in [0.1, 0.15) is 37.8 Å². The summed E-state index contributed by atoms with van der Waals surface area (Å²) >= 11 is 2.07. The van der Waals surface area contributed by atoms with Crippen molar-refractivity contribution in [3.63, 3.8) is 0 Å². The van der Waals surface area contributed by atoms with E-state index in [0.717, 1.165) is 6.42 Å². The second kappa shape index (κ2) is 5.73. The van der Waals surface area contributed by atoms with Gasteiger partial charge < -0.3 is 5.32 Å². The predicted octanol–water partition coefficient (Wildman–Crippen LogP) is 2.36. The number of thioether (sulfide) groups is 1. The van der Waals surface area contributed by atoms with Crippen LogP contribution in [0.15, 0.2) is 12.4 Å². The molecule has 1 fully saturated rings. The summed E-state index contributed by atoms with van der Waals surface area (Å²) in [5.74, 6) is 2.60. The van der Waals surface area contributed by atoms with Gasteiger partial charge in [-0.2, -0.15) is 16.9 Å². The van der Waals surface area contributed by atoms with Gasteiger partial charge in [0.05, 0.1) is 6.20 Å². The molecule has 16 heavy (non-hydrogen) atoms. The van der Waals surface area contributed by atoms with Crippen molar-refractivity contribution in [3.8, 4) is 0 Å². The van der Waals surface area contributed by atoms with E-state index in [1.54, 1.807) is 0 Å². The minimum absolute atomic E-state index is 0.470. The molecule has 0 bridgehead atoms. The molecular weight excluding hydrogens is 218 g/mol. The third kappa shape index (κ3) is 3.01. The molecule has 0 aromatic carbocycles. The quantitative estimate of drug-likeness (QED) is 0.875. The van der Waals surface area contributed by atoms with Crippen LogP contribution >= 0.6 is 11.8 Å². The van der Waals surface area contributed by atoms with Crippen molar-refractivity contribution in [2.75, 3.05) is 11.5 Å². The second-order valence-electron chi connectivity index (χ2n) is 4.49. The topological polar surface area (TPSA) is 29.9 Å². The molecule has 1 aliphatic heterocycles. The summed E-state index contributed by atoms with van der Waals surface area (Å²) in [6.07, 6.45) is 7.91. The van der Waals surface area contributed by atoms with Crippen LogP contribution in [0, 0.1) is 0 Å². The van der Waals surface area contributed by atoms with Gasteiger partial charge in [-0.15, -0.1) is 0 Å². The third-order valence-electron chi connectivity index (χ3n) is 3.13. The first-order valence-corrected chi connectivity index (χ1v) is 7.27. The maximum absolute atomic E-state index is 4.25. The Bertz CT molecular complexity index is 318. The first kappa shape index (κ1) is 12.0. The first-order valence-electron chi connectivity index (χ1n) is 6.12. The van der Waals surface area contributed by atoms with Crippen molar-refractivity contribution in [2.24, 2.45) is 7.05 Å². The smallest absolute Gasteiger partial charge is 0.0537 e. The van der Waals surface area contributed by atoms with Gasteiger partial charge in [-0.1, -0.05) is 6.92 Å². The van der Waals surface area contributed by atoms with Crippen molar-refractivity contribution < 1.29 is 0 Å². The second-order valence-corrected chi connectivity index (χ2v) is 5.64. The zero-order chi connectivity index (χ0) is 11.4. The number of hydrogen-bond donors (Lipinski definition) is 1. The highest BCUT2D eigenvalue weighted by molar-refractivity contribution is 7.99. The van der Waals surface area contributed by atoms with Crippen LogP contribution in [0.4, 0.5) is 0 Å². The van der Waals surface area contributed by atoms with Crippen molar-refractivity contribution >= 4 is 11.8 Å². The zero-order valence-corrected chi connectivity index (χ0v) is 11.0. The molecule has 1 N–H and O–H groups in total. The predicted molar refractivity (Wildman–Crippen MR) is 69.7 cm³/mol. The molecule has 2 heterocycles. The maximum atomic E-state index is 4.25. The molecule has 0 aliphatic carbocycles. The fourth-order valence-corrected chi connectivity index (χ4v) is 3.31. The summed E-state index contributed by atoms with van der Waals surface area (Å²) in [7, 11) is 1.98. The number of nitrogens with one attached hydrogen (secondary N) is 1. The van der Waals surface area contributed by atoms with Crippen LogP contribution in [0.25, 0.3) is 0 Å². The van der Waals surface area contributed by atoms with Crippen LogP contribution in [-0.2, 0) is 7.05 Å². The first-order chi connectivity index (χ1) is 7.79. The minimum Gasteiger partial charge on any atom is -0.306 e. The highest BCUT2D eigenvalue weighted by Crippen LogP contribution is 2.22. The molecule has 2 unspecified atom stereocenters. The van der Waals surface area contributed by atoms with Gasteiger partial charge in [0.1, 0.15) is 0 Å². The van der Waals surface area contributed by atoms with Gasteiger partial charge in [-0.05, 0) is 25.0 Å². The van der Waals surface area contributed by atoms with Gasteiger partial charge in [-0.25, -0.2) is 0 Å². The molecule has 3 nitrogen and oxygen atoms in total. The number of hydrogen-bond acceptors (Lipinski definition) is 3. The third-order valence-corrected chi connectivity index (χ3v) is 4.35. The summed E-state index contributed by atoms with van der Waals surface area (Å²) in [5.41, 5.74) is 1.32. The Morgan fingerprint density at radius 3 is 3.12 bits per heavy atom. The molecular formula is C12H21N3S. The Morgan fingerprint density at radius 1 is 1.69 bits per heavy atom. The van der Waals surface area contributed by atoms with Crippen molar-refractivity contribution in [3.05, 3.63) is 18.0 Å². The minimum atomic E-state index is 0.470. The average Bonchev–Trinajstić information content (AvgIpc) is 2.74. The zero-order valence-electron chi connectivity index (χ0n) is 10.1. The fourth-order valence-electron chi connectivity index (χ4n) is 2.23. The summed E-state index contributed by atoms with van der Waals surface area (Å²) in [4.78, 5) is 0. The van der Waals surface area contributed by atoms with E-state index in [1.165, 1.54) is 29.9 Å². The Morgan fingerprint density at radius 2 is 2.56 bits per heavy atom. The average molecular weight is 239 g/mol. The summed E-state index contributed by atoms with van der Waals surface area (Å²) in [6, 6.07) is 1.15. The SMILES string of the molecule is CCC(NC1CCCSC1)c1cnn(C)c1. The van der Waals surface area contributed by atoms with E-state index in [2.05, 4.69) is 35.3 Å². The van der Waals surface area contributed by atoms with Crippen LogP contribution < -0.4 is 5.32 Å². The molecule has 90 valence electrons. The lowest BCUT2D eigenvalue weighted by atomic mass is 10.1. The molecule has 0 amide bonds. The van der Waals surface area contributed by atoms with Gasteiger partial charge in [0.2, 0.25) is 0 Å². The lowest BCUT2D eigenvalue weighted by Gasteiger charge is -2.27. The molecule has 1 aromatic heterocycles. The maximum Gasteiger partial charge on any atom is 0.0537 e. The van der Waals surface area contributed by atoms with E-state index in [4.69, 9.17) is 0 Å². The number of aryl methyl sites for hydroxylation is 1. The molecule has 1 aromatic rings. The van der Waals surface area contributed by atoms with Gasteiger partial charge in [0.15, 0.2) is 0 Å². The summed E-state index contributed by atoms with van der Waals surface area (Å²) < 4.78 is 1.88. The Labute approximate surface area is 102 Å². The molecule has 1 aliphatic rings. The molecule has 2 rings (SSSR count).